The lowest BCUT2D eigenvalue weighted by atomic mass is 9.82. The maximum absolute atomic E-state index is 5.95. The Morgan fingerprint density at radius 2 is 1.77 bits per heavy atom. The van der Waals surface area contributed by atoms with Gasteiger partial charge >= 0.3 is 0 Å². The molecule has 1 aliphatic carbocycles. The van der Waals surface area contributed by atoms with E-state index in [2.05, 4.69) is 50.6 Å². The Morgan fingerprint density at radius 3 is 2.45 bits per heavy atom. The van der Waals surface area contributed by atoms with E-state index in [1.54, 1.807) is 0 Å². The average molecular weight is 317 g/mol. The predicted molar refractivity (Wildman–Crippen MR) is 89.3 cm³/mol. The minimum Gasteiger partial charge on any atom is -0.351 e. The van der Waals surface area contributed by atoms with Gasteiger partial charge < -0.3 is 5.32 Å². The van der Waals surface area contributed by atoms with Crippen molar-refractivity contribution in [3.05, 3.63) is 47.0 Å². The van der Waals surface area contributed by atoms with Gasteiger partial charge in [-0.15, -0.1) is 0 Å². The van der Waals surface area contributed by atoms with Gasteiger partial charge in [0.1, 0.15) is 5.82 Å². The highest BCUT2D eigenvalue weighted by atomic mass is 35.5. The summed E-state index contributed by atoms with van der Waals surface area (Å²) in [6.45, 7) is 2.01. The smallest absolute Gasteiger partial charge is 0.227 e. The predicted octanol–water partition coefficient (Wildman–Crippen LogP) is 4.23. The van der Waals surface area contributed by atoms with E-state index in [1.165, 1.54) is 18.4 Å². The van der Waals surface area contributed by atoms with Crippen LogP contribution in [0.25, 0.3) is 0 Å². The van der Waals surface area contributed by atoms with Gasteiger partial charge in [-0.25, -0.2) is 4.98 Å². The van der Waals surface area contributed by atoms with E-state index in [0.29, 0.717) is 17.9 Å². The maximum atomic E-state index is 5.95. The standard InChI is InChI=1S/C17H21ClN4/c1-2-15-20-16(18)22-17(21-15)19-14-10-8-13(9-11-14)12-6-4-3-5-7-12/h3-7,13-14H,2,8-11H2,1H3,(H,19,20,21,22). The summed E-state index contributed by atoms with van der Waals surface area (Å²) in [5, 5.41) is 3.69. The molecule has 0 amide bonds. The summed E-state index contributed by atoms with van der Waals surface area (Å²) >= 11 is 5.95. The molecule has 1 fully saturated rings. The first kappa shape index (κ1) is 15.2. The van der Waals surface area contributed by atoms with Crippen molar-refractivity contribution in [3.8, 4) is 0 Å². The molecule has 0 saturated heterocycles. The minimum absolute atomic E-state index is 0.271. The Hall–Kier alpha value is -1.68. The van der Waals surface area contributed by atoms with Crippen LogP contribution in [0.1, 0.15) is 49.9 Å². The van der Waals surface area contributed by atoms with Crippen molar-refractivity contribution in [3.63, 3.8) is 0 Å². The molecule has 0 radical (unpaired) electrons. The van der Waals surface area contributed by atoms with E-state index in [-0.39, 0.29) is 5.28 Å². The van der Waals surface area contributed by atoms with Crippen molar-refractivity contribution in [2.45, 2.75) is 51.0 Å². The van der Waals surface area contributed by atoms with E-state index >= 15 is 0 Å². The van der Waals surface area contributed by atoms with Gasteiger partial charge in [0.15, 0.2) is 0 Å². The van der Waals surface area contributed by atoms with Crippen LogP contribution in [-0.4, -0.2) is 21.0 Å². The fraction of sp³-hybridized carbons (Fsp3) is 0.471. The molecule has 4 nitrogen and oxygen atoms in total. The second kappa shape index (κ2) is 7.05. The number of nitrogens with zero attached hydrogens (tertiary/aromatic N) is 3. The molecule has 2 aromatic rings. The molecule has 22 heavy (non-hydrogen) atoms. The quantitative estimate of drug-likeness (QED) is 0.917. The van der Waals surface area contributed by atoms with Crippen LogP contribution < -0.4 is 5.32 Å². The number of anilines is 1. The molecule has 1 aromatic carbocycles. The van der Waals surface area contributed by atoms with Gasteiger partial charge in [0.25, 0.3) is 0 Å². The van der Waals surface area contributed by atoms with Gasteiger partial charge in [-0.3, -0.25) is 0 Å². The molecule has 0 bridgehead atoms. The molecule has 0 unspecified atom stereocenters. The monoisotopic (exact) mass is 316 g/mol. The Bertz CT molecular complexity index is 609. The summed E-state index contributed by atoms with van der Waals surface area (Å²) in [5.74, 6) is 2.02. The van der Waals surface area contributed by atoms with E-state index in [1.807, 2.05) is 6.92 Å². The van der Waals surface area contributed by atoms with Crippen LogP contribution in [0.5, 0.6) is 0 Å². The maximum Gasteiger partial charge on any atom is 0.227 e. The fourth-order valence-corrected chi connectivity index (χ4v) is 3.27. The van der Waals surface area contributed by atoms with E-state index in [0.717, 1.165) is 25.1 Å². The number of aryl methyl sites for hydroxylation is 1. The number of nitrogens with one attached hydrogen (secondary N) is 1. The highest BCUT2D eigenvalue weighted by Crippen LogP contribution is 2.33. The molecular weight excluding hydrogens is 296 g/mol. The third-order valence-electron chi connectivity index (χ3n) is 4.30. The van der Waals surface area contributed by atoms with Crippen molar-refractivity contribution in [2.24, 2.45) is 0 Å². The van der Waals surface area contributed by atoms with Crippen molar-refractivity contribution < 1.29 is 0 Å². The SMILES string of the molecule is CCc1nc(Cl)nc(NC2CCC(c3ccccc3)CC2)n1. The van der Waals surface area contributed by atoms with E-state index in [4.69, 9.17) is 11.6 Å². The number of rotatable bonds is 4. The highest BCUT2D eigenvalue weighted by molar-refractivity contribution is 6.28. The molecule has 0 aliphatic heterocycles. The van der Waals surface area contributed by atoms with Crippen LogP contribution >= 0.6 is 11.6 Å². The van der Waals surface area contributed by atoms with Gasteiger partial charge in [0.2, 0.25) is 11.2 Å². The first-order chi connectivity index (χ1) is 10.7. The first-order valence-corrected chi connectivity index (χ1v) is 8.34. The largest absolute Gasteiger partial charge is 0.351 e. The third-order valence-corrected chi connectivity index (χ3v) is 4.47. The molecule has 1 heterocycles. The van der Waals surface area contributed by atoms with Crippen molar-refractivity contribution in [2.75, 3.05) is 5.32 Å². The van der Waals surface area contributed by atoms with Crippen LogP contribution in [0.2, 0.25) is 5.28 Å². The summed E-state index contributed by atoms with van der Waals surface area (Å²) in [6.07, 6.45) is 5.41. The number of hydrogen-bond acceptors (Lipinski definition) is 4. The lowest BCUT2D eigenvalue weighted by molar-refractivity contribution is 0.411. The van der Waals surface area contributed by atoms with E-state index < -0.39 is 0 Å². The second-order valence-corrected chi connectivity index (χ2v) is 6.14. The van der Waals surface area contributed by atoms with E-state index in [9.17, 15) is 0 Å². The van der Waals surface area contributed by atoms with Crippen molar-refractivity contribution >= 4 is 17.5 Å². The van der Waals surface area contributed by atoms with Gasteiger partial charge in [-0.2, -0.15) is 9.97 Å². The number of hydrogen-bond donors (Lipinski definition) is 1. The zero-order valence-electron chi connectivity index (χ0n) is 12.8. The van der Waals surface area contributed by atoms with Gasteiger partial charge in [-0.05, 0) is 48.8 Å². The van der Waals surface area contributed by atoms with Crippen LogP contribution in [0.4, 0.5) is 5.95 Å². The molecule has 0 spiro atoms. The Balaban J connectivity index is 1.59. The summed E-state index contributed by atoms with van der Waals surface area (Å²) in [5.41, 5.74) is 1.46. The van der Waals surface area contributed by atoms with Gasteiger partial charge in [0.05, 0.1) is 0 Å². The second-order valence-electron chi connectivity index (χ2n) is 5.80. The van der Waals surface area contributed by atoms with Gasteiger partial charge in [-0.1, -0.05) is 37.3 Å². The summed E-state index contributed by atoms with van der Waals surface area (Å²) in [7, 11) is 0. The van der Waals surface area contributed by atoms with Crippen LogP contribution in [-0.2, 0) is 6.42 Å². The fourth-order valence-electron chi connectivity index (χ4n) is 3.09. The van der Waals surface area contributed by atoms with Gasteiger partial charge in [0, 0.05) is 12.5 Å². The molecule has 116 valence electrons. The highest BCUT2D eigenvalue weighted by Gasteiger charge is 2.22. The molecule has 5 heteroatoms. The van der Waals surface area contributed by atoms with Crippen molar-refractivity contribution in [1.29, 1.82) is 0 Å². The first-order valence-electron chi connectivity index (χ1n) is 7.96. The Kier molecular flexibility index (Phi) is 4.88. The summed E-state index contributed by atoms with van der Waals surface area (Å²) < 4.78 is 0. The number of aromatic nitrogens is 3. The molecule has 0 atom stereocenters. The molecule has 1 saturated carbocycles. The summed E-state index contributed by atoms with van der Waals surface area (Å²) in [4.78, 5) is 12.7. The average Bonchev–Trinajstić information content (AvgIpc) is 2.56. The van der Waals surface area contributed by atoms with Crippen LogP contribution in [0.15, 0.2) is 30.3 Å². The molecule has 1 aromatic heterocycles. The number of benzene rings is 1. The molecule has 3 rings (SSSR count). The summed E-state index contributed by atoms with van der Waals surface area (Å²) in [6, 6.07) is 11.2. The Labute approximate surface area is 136 Å². The van der Waals surface area contributed by atoms with Crippen LogP contribution in [0, 0.1) is 0 Å². The van der Waals surface area contributed by atoms with Crippen LogP contribution in [0.3, 0.4) is 0 Å². The lowest BCUT2D eigenvalue weighted by Crippen LogP contribution is -2.26. The Morgan fingerprint density at radius 1 is 1.05 bits per heavy atom. The molecule has 1 aliphatic rings. The molecular formula is C17H21ClN4. The zero-order valence-corrected chi connectivity index (χ0v) is 13.6. The normalized spacial score (nSPS) is 21.5. The molecule has 1 N–H and O–H groups in total. The third kappa shape index (κ3) is 3.74. The number of halogens is 1. The zero-order chi connectivity index (χ0) is 15.4. The topological polar surface area (TPSA) is 50.7 Å². The lowest BCUT2D eigenvalue weighted by Gasteiger charge is -2.29. The van der Waals surface area contributed by atoms with Crippen molar-refractivity contribution in [1.82, 2.24) is 15.0 Å². The minimum atomic E-state index is 0.271.